The predicted molar refractivity (Wildman–Crippen MR) is 56.1 cm³/mol. The van der Waals surface area contributed by atoms with E-state index in [-0.39, 0.29) is 0 Å². The van der Waals surface area contributed by atoms with E-state index in [2.05, 4.69) is 15.5 Å². The lowest BCUT2D eigenvalue weighted by Crippen LogP contribution is -2.21. The lowest BCUT2D eigenvalue weighted by atomic mass is 9.79. The van der Waals surface area contributed by atoms with E-state index in [4.69, 9.17) is 0 Å². The largest absolute Gasteiger partial charge is 0.300 e. The highest BCUT2D eigenvalue weighted by Gasteiger charge is 2.27. The van der Waals surface area contributed by atoms with E-state index in [1.807, 2.05) is 24.3 Å². The van der Waals surface area contributed by atoms with E-state index in [0.29, 0.717) is 24.5 Å². The molecule has 1 saturated carbocycles. The molecular formula is C11H10N4O. The van der Waals surface area contributed by atoms with Crippen molar-refractivity contribution in [3.8, 4) is 5.69 Å². The third kappa shape index (κ3) is 1.50. The molecule has 1 aliphatic rings. The minimum atomic E-state index is 0.345. The number of carbonyl (C=O) groups excluding carboxylic acids is 1. The number of hydrogen-bond donors (Lipinski definition) is 0. The van der Waals surface area contributed by atoms with Crippen LogP contribution in [0.1, 0.15) is 24.3 Å². The van der Waals surface area contributed by atoms with Crippen LogP contribution in [0, 0.1) is 0 Å². The first-order valence-corrected chi connectivity index (χ1v) is 5.18. The number of hydrogen-bond acceptors (Lipinski definition) is 4. The third-order valence-corrected chi connectivity index (χ3v) is 2.90. The third-order valence-electron chi connectivity index (χ3n) is 2.90. The molecule has 16 heavy (non-hydrogen) atoms. The number of nitrogens with zero attached hydrogens (tertiary/aromatic N) is 4. The number of rotatable bonds is 2. The zero-order valence-corrected chi connectivity index (χ0v) is 8.58. The van der Waals surface area contributed by atoms with E-state index in [0.717, 1.165) is 5.69 Å². The topological polar surface area (TPSA) is 60.7 Å². The second-order valence-electron chi connectivity index (χ2n) is 3.99. The Morgan fingerprint density at radius 3 is 2.88 bits per heavy atom. The fourth-order valence-corrected chi connectivity index (χ4v) is 1.93. The Morgan fingerprint density at radius 1 is 1.31 bits per heavy atom. The van der Waals surface area contributed by atoms with Crippen molar-refractivity contribution in [3.63, 3.8) is 0 Å². The fourth-order valence-electron chi connectivity index (χ4n) is 1.93. The van der Waals surface area contributed by atoms with Gasteiger partial charge in [-0.05, 0) is 34.0 Å². The van der Waals surface area contributed by atoms with Gasteiger partial charge >= 0.3 is 0 Å². The monoisotopic (exact) mass is 214 g/mol. The molecule has 2 aromatic rings. The Bertz CT molecular complexity index is 513. The summed E-state index contributed by atoms with van der Waals surface area (Å²) in [6, 6.07) is 7.99. The zero-order chi connectivity index (χ0) is 11.0. The average Bonchev–Trinajstić information content (AvgIpc) is 2.78. The molecule has 1 heterocycles. The van der Waals surface area contributed by atoms with E-state index in [1.54, 1.807) is 11.0 Å². The minimum absolute atomic E-state index is 0.345. The minimum Gasteiger partial charge on any atom is -0.300 e. The zero-order valence-electron chi connectivity index (χ0n) is 8.58. The Balaban J connectivity index is 1.91. The van der Waals surface area contributed by atoms with Gasteiger partial charge in [0.25, 0.3) is 0 Å². The molecule has 0 N–H and O–H groups in total. The van der Waals surface area contributed by atoms with E-state index in [9.17, 15) is 4.79 Å². The van der Waals surface area contributed by atoms with Crippen molar-refractivity contribution in [1.29, 1.82) is 0 Å². The Labute approximate surface area is 92.1 Å². The normalized spacial score (nSPS) is 16.1. The number of ketones is 1. The maximum absolute atomic E-state index is 11.0. The molecule has 0 unspecified atom stereocenters. The van der Waals surface area contributed by atoms with E-state index >= 15 is 0 Å². The summed E-state index contributed by atoms with van der Waals surface area (Å²) in [7, 11) is 0. The van der Waals surface area contributed by atoms with E-state index in [1.165, 1.54) is 5.56 Å². The summed E-state index contributed by atoms with van der Waals surface area (Å²) in [4.78, 5) is 11.0. The van der Waals surface area contributed by atoms with Gasteiger partial charge in [-0.3, -0.25) is 4.79 Å². The number of benzene rings is 1. The fraction of sp³-hybridized carbons (Fsp3) is 0.273. The summed E-state index contributed by atoms with van der Waals surface area (Å²) < 4.78 is 1.62. The summed E-state index contributed by atoms with van der Waals surface area (Å²) in [6.07, 6.45) is 2.89. The highest BCUT2D eigenvalue weighted by molar-refractivity contribution is 5.86. The van der Waals surface area contributed by atoms with Crippen LogP contribution < -0.4 is 0 Å². The molecule has 0 amide bonds. The van der Waals surface area contributed by atoms with Gasteiger partial charge in [-0.25, -0.2) is 4.68 Å². The van der Waals surface area contributed by atoms with Gasteiger partial charge in [0, 0.05) is 12.8 Å². The molecule has 0 aliphatic heterocycles. The average molecular weight is 214 g/mol. The molecule has 3 rings (SSSR count). The van der Waals surface area contributed by atoms with Crippen molar-refractivity contribution in [2.75, 3.05) is 0 Å². The molecule has 1 aromatic carbocycles. The van der Waals surface area contributed by atoms with Crippen LogP contribution in [-0.4, -0.2) is 26.0 Å². The van der Waals surface area contributed by atoms with Gasteiger partial charge in [0.2, 0.25) is 0 Å². The highest BCUT2D eigenvalue weighted by Crippen LogP contribution is 2.34. The van der Waals surface area contributed by atoms with Crippen LogP contribution in [0.25, 0.3) is 5.69 Å². The molecule has 5 heteroatoms. The first-order valence-electron chi connectivity index (χ1n) is 5.18. The van der Waals surface area contributed by atoms with Crippen LogP contribution in [-0.2, 0) is 4.79 Å². The molecule has 1 aromatic heterocycles. The van der Waals surface area contributed by atoms with Gasteiger partial charge in [-0.1, -0.05) is 12.1 Å². The number of carbonyl (C=O) groups is 1. The Kier molecular flexibility index (Phi) is 2.02. The lowest BCUT2D eigenvalue weighted by molar-refractivity contribution is -0.124. The quantitative estimate of drug-likeness (QED) is 0.751. The summed E-state index contributed by atoms with van der Waals surface area (Å²) in [5.74, 6) is 0.724. The smallest absolute Gasteiger partial charge is 0.143 e. The predicted octanol–water partition coefficient (Wildman–Crippen LogP) is 1.11. The van der Waals surface area contributed by atoms with E-state index < -0.39 is 0 Å². The van der Waals surface area contributed by atoms with Gasteiger partial charge in [0.05, 0.1) is 5.69 Å². The highest BCUT2D eigenvalue weighted by atomic mass is 16.1. The number of aromatic nitrogens is 4. The molecule has 1 fully saturated rings. The number of tetrazole rings is 1. The first-order chi connectivity index (χ1) is 7.83. The maximum Gasteiger partial charge on any atom is 0.143 e. The van der Waals surface area contributed by atoms with Crippen LogP contribution in [0.5, 0.6) is 0 Å². The van der Waals surface area contributed by atoms with Crippen LogP contribution in [0.2, 0.25) is 0 Å². The second-order valence-corrected chi connectivity index (χ2v) is 3.99. The number of Topliss-reactive ketones (excluding diaryl/α,β-unsaturated/α-hetero) is 1. The van der Waals surface area contributed by atoms with Crippen molar-refractivity contribution < 1.29 is 4.79 Å². The lowest BCUT2D eigenvalue weighted by Gasteiger charge is -2.24. The summed E-state index contributed by atoms with van der Waals surface area (Å²) in [6.45, 7) is 0. The van der Waals surface area contributed by atoms with Gasteiger partial charge < -0.3 is 0 Å². The van der Waals surface area contributed by atoms with Gasteiger partial charge in [-0.15, -0.1) is 5.10 Å². The standard InChI is InChI=1S/C11H10N4O/c16-11-5-9(6-11)8-2-1-3-10(4-8)15-7-12-13-14-15/h1-4,7,9H,5-6H2. The summed E-state index contributed by atoms with van der Waals surface area (Å²) >= 11 is 0. The van der Waals surface area contributed by atoms with Gasteiger partial charge in [-0.2, -0.15) is 0 Å². The van der Waals surface area contributed by atoms with Crippen LogP contribution >= 0.6 is 0 Å². The van der Waals surface area contributed by atoms with Crippen molar-refractivity contribution in [2.45, 2.75) is 18.8 Å². The second kappa shape index (κ2) is 3.52. The molecule has 0 saturated heterocycles. The summed E-state index contributed by atoms with van der Waals surface area (Å²) in [5, 5.41) is 11.0. The van der Waals surface area contributed by atoms with Gasteiger partial charge in [0.1, 0.15) is 12.1 Å². The molecule has 0 spiro atoms. The molecule has 80 valence electrons. The maximum atomic E-state index is 11.0. The Hall–Kier alpha value is -2.04. The molecule has 5 nitrogen and oxygen atoms in total. The Morgan fingerprint density at radius 2 is 2.19 bits per heavy atom. The molecule has 0 bridgehead atoms. The summed E-state index contributed by atoms with van der Waals surface area (Å²) in [5.41, 5.74) is 2.12. The molecule has 0 atom stereocenters. The van der Waals surface area contributed by atoms with Crippen molar-refractivity contribution in [2.24, 2.45) is 0 Å². The molecule has 0 radical (unpaired) electrons. The molecule has 1 aliphatic carbocycles. The van der Waals surface area contributed by atoms with Crippen LogP contribution in [0.15, 0.2) is 30.6 Å². The first kappa shape index (κ1) is 9.21. The van der Waals surface area contributed by atoms with Crippen LogP contribution in [0.4, 0.5) is 0 Å². The van der Waals surface area contributed by atoms with Gasteiger partial charge in [0.15, 0.2) is 0 Å². The van der Waals surface area contributed by atoms with Crippen molar-refractivity contribution >= 4 is 5.78 Å². The van der Waals surface area contributed by atoms with Crippen molar-refractivity contribution in [3.05, 3.63) is 36.2 Å². The SMILES string of the molecule is O=C1CC(c2cccc(-n3cnnn3)c2)C1. The van der Waals surface area contributed by atoms with Crippen LogP contribution in [0.3, 0.4) is 0 Å². The molecular weight excluding hydrogens is 204 g/mol. The van der Waals surface area contributed by atoms with Crippen molar-refractivity contribution in [1.82, 2.24) is 20.2 Å².